The highest BCUT2D eigenvalue weighted by atomic mass is 32.2. The Labute approximate surface area is 158 Å². The van der Waals surface area contributed by atoms with Gasteiger partial charge in [0.05, 0.1) is 15.9 Å². The van der Waals surface area contributed by atoms with E-state index in [1.807, 2.05) is 0 Å². The number of hydrogen-bond acceptors (Lipinski definition) is 4. The Bertz CT molecular complexity index is 1170. The molecule has 0 bridgehead atoms. The zero-order valence-electron chi connectivity index (χ0n) is 14.5. The van der Waals surface area contributed by atoms with E-state index < -0.39 is 34.5 Å². The third-order valence-electron chi connectivity index (χ3n) is 3.99. The minimum absolute atomic E-state index is 0.0950. The lowest BCUT2D eigenvalue weighted by molar-refractivity contribution is -0.147. The van der Waals surface area contributed by atoms with Gasteiger partial charge in [-0.2, -0.15) is 13.2 Å². The Morgan fingerprint density at radius 2 is 1.89 bits per heavy atom. The largest absolute Gasteiger partial charge is 0.449 e. The maximum Gasteiger partial charge on any atom is 0.449 e. The molecule has 3 N–H and O–H groups in total. The zero-order chi connectivity index (χ0) is 20.7. The van der Waals surface area contributed by atoms with Crippen molar-refractivity contribution in [2.24, 2.45) is 5.14 Å². The lowest BCUT2D eigenvalue weighted by atomic mass is 10.2. The fraction of sp³-hybridized carbons (Fsp3) is 0.176. The number of anilines is 1. The second-order valence-electron chi connectivity index (χ2n) is 6.08. The first-order valence-corrected chi connectivity index (χ1v) is 9.47. The summed E-state index contributed by atoms with van der Waals surface area (Å²) < 4.78 is 63.8. The van der Waals surface area contributed by atoms with E-state index in [-0.39, 0.29) is 21.6 Å². The Balaban J connectivity index is 1.93. The number of aryl methyl sites for hydroxylation is 1. The van der Waals surface area contributed by atoms with Gasteiger partial charge in [0, 0.05) is 5.69 Å². The van der Waals surface area contributed by atoms with Crippen LogP contribution in [0.2, 0.25) is 0 Å². The normalized spacial score (nSPS) is 12.3. The van der Waals surface area contributed by atoms with Gasteiger partial charge in [0.1, 0.15) is 6.54 Å². The van der Waals surface area contributed by atoms with Crippen LogP contribution in [-0.4, -0.2) is 23.9 Å². The molecule has 0 aliphatic rings. The molecule has 1 aromatic heterocycles. The predicted molar refractivity (Wildman–Crippen MR) is 95.9 cm³/mol. The number of imidazole rings is 1. The van der Waals surface area contributed by atoms with E-state index in [1.54, 1.807) is 6.07 Å². The number of halogens is 3. The van der Waals surface area contributed by atoms with Crippen LogP contribution >= 0.6 is 0 Å². The molecule has 148 valence electrons. The molecule has 0 aliphatic heterocycles. The molecular formula is C17H15F3N4O3S. The third-order valence-corrected chi connectivity index (χ3v) is 5.04. The van der Waals surface area contributed by atoms with Crippen LogP contribution in [0.25, 0.3) is 11.0 Å². The molecule has 28 heavy (non-hydrogen) atoms. The number of benzene rings is 2. The number of carbonyl (C=O) groups excluding carboxylic acids is 1. The van der Waals surface area contributed by atoms with Crippen LogP contribution in [0.5, 0.6) is 0 Å². The summed E-state index contributed by atoms with van der Waals surface area (Å²) in [4.78, 5) is 15.7. The summed E-state index contributed by atoms with van der Waals surface area (Å²) in [6, 6.07) is 9.94. The number of alkyl halides is 3. The highest BCUT2D eigenvalue weighted by Gasteiger charge is 2.38. The number of nitrogens with two attached hydrogens (primary N) is 1. The Morgan fingerprint density at radius 3 is 2.54 bits per heavy atom. The minimum atomic E-state index is -4.75. The topological polar surface area (TPSA) is 107 Å². The number of aromatic nitrogens is 2. The summed E-state index contributed by atoms with van der Waals surface area (Å²) in [5.74, 6) is -1.98. The van der Waals surface area contributed by atoms with Crippen LogP contribution in [-0.2, 0) is 27.5 Å². The van der Waals surface area contributed by atoms with E-state index in [0.29, 0.717) is 5.56 Å². The van der Waals surface area contributed by atoms with Crippen molar-refractivity contribution in [3.05, 3.63) is 53.9 Å². The summed E-state index contributed by atoms with van der Waals surface area (Å²) in [6.07, 6.45) is -4.75. The van der Waals surface area contributed by atoms with E-state index in [9.17, 15) is 26.4 Å². The SMILES string of the molecule is Cc1ccc(NC(=O)Cn2c(C(F)(F)F)nc3ccccc32)cc1S(N)(=O)=O. The fourth-order valence-corrected chi connectivity index (χ4v) is 3.59. The van der Waals surface area contributed by atoms with E-state index in [1.165, 1.54) is 37.3 Å². The summed E-state index contributed by atoms with van der Waals surface area (Å²) in [7, 11) is -4.01. The molecule has 2 aromatic carbocycles. The van der Waals surface area contributed by atoms with Gasteiger partial charge in [-0.1, -0.05) is 18.2 Å². The predicted octanol–water partition coefficient (Wildman–Crippen LogP) is 2.65. The van der Waals surface area contributed by atoms with E-state index in [2.05, 4.69) is 10.3 Å². The Morgan fingerprint density at radius 1 is 1.21 bits per heavy atom. The molecule has 0 unspecified atom stereocenters. The van der Waals surface area contributed by atoms with Gasteiger partial charge in [-0.15, -0.1) is 0 Å². The number of nitrogens with one attached hydrogen (secondary N) is 1. The second-order valence-corrected chi connectivity index (χ2v) is 7.61. The average Bonchev–Trinajstić information content (AvgIpc) is 2.94. The highest BCUT2D eigenvalue weighted by Crippen LogP contribution is 2.31. The standard InChI is InChI=1S/C17H15F3N4O3S/c1-10-6-7-11(8-14(10)28(21,26)27)22-15(25)9-24-13-5-3-2-4-12(13)23-16(24)17(18,19)20/h2-8H,9H2,1H3,(H,22,25)(H2,21,26,27). The van der Waals surface area contributed by atoms with Gasteiger partial charge in [0.25, 0.3) is 0 Å². The van der Waals surface area contributed by atoms with Crippen LogP contribution in [0, 0.1) is 6.92 Å². The quantitative estimate of drug-likeness (QED) is 0.687. The Kier molecular flexibility index (Phi) is 4.90. The number of nitrogens with zero attached hydrogens (tertiary/aromatic N) is 2. The number of sulfonamides is 1. The number of amides is 1. The summed E-state index contributed by atoms with van der Waals surface area (Å²) in [5.41, 5.74) is 0.728. The van der Waals surface area contributed by atoms with Crippen molar-refractivity contribution in [3.63, 3.8) is 0 Å². The molecule has 0 saturated carbocycles. The molecule has 0 spiro atoms. The van der Waals surface area contributed by atoms with Gasteiger partial charge in [0.2, 0.25) is 21.8 Å². The van der Waals surface area contributed by atoms with E-state index in [4.69, 9.17) is 5.14 Å². The van der Waals surface area contributed by atoms with Crippen molar-refractivity contribution in [2.45, 2.75) is 24.5 Å². The minimum Gasteiger partial charge on any atom is -0.324 e. The number of para-hydroxylation sites is 2. The van der Waals surface area contributed by atoms with Gasteiger partial charge in [0.15, 0.2) is 0 Å². The first-order valence-electron chi connectivity index (χ1n) is 7.92. The number of rotatable bonds is 4. The molecule has 0 saturated heterocycles. The highest BCUT2D eigenvalue weighted by molar-refractivity contribution is 7.89. The van der Waals surface area contributed by atoms with Crippen molar-refractivity contribution < 1.29 is 26.4 Å². The zero-order valence-corrected chi connectivity index (χ0v) is 15.3. The van der Waals surface area contributed by atoms with Crippen molar-refractivity contribution in [3.8, 4) is 0 Å². The summed E-state index contributed by atoms with van der Waals surface area (Å²) in [6.45, 7) is 0.868. The molecule has 0 radical (unpaired) electrons. The van der Waals surface area contributed by atoms with Gasteiger partial charge >= 0.3 is 6.18 Å². The van der Waals surface area contributed by atoms with Crippen molar-refractivity contribution >= 4 is 32.7 Å². The molecule has 11 heteroatoms. The molecule has 3 aromatic rings. The van der Waals surface area contributed by atoms with Gasteiger partial charge < -0.3 is 9.88 Å². The molecular weight excluding hydrogens is 397 g/mol. The average molecular weight is 412 g/mol. The smallest absolute Gasteiger partial charge is 0.324 e. The molecule has 0 atom stereocenters. The molecule has 0 fully saturated rings. The first kappa shape index (κ1) is 19.8. The lowest BCUT2D eigenvalue weighted by Crippen LogP contribution is -2.23. The lowest BCUT2D eigenvalue weighted by Gasteiger charge is -2.12. The van der Waals surface area contributed by atoms with Gasteiger partial charge in [-0.3, -0.25) is 4.79 Å². The Hall–Kier alpha value is -2.92. The maximum absolute atomic E-state index is 13.3. The molecule has 3 rings (SSSR count). The van der Waals surface area contributed by atoms with Crippen LogP contribution < -0.4 is 10.5 Å². The first-order chi connectivity index (χ1) is 13.0. The van der Waals surface area contributed by atoms with Gasteiger partial charge in [-0.25, -0.2) is 18.5 Å². The number of carbonyl (C=O) groups is 1. The van der Waals surface area contributed by atoms with Crippen LogP contribution in [0.1, 0.15) is 11.4 Å². The number of fused-ring (bicyclic) bond motifs is 1. The fourth-order valence-electron chi connectivity index (χ4n) is 2.78. The van der Waals surface area contributed by atoms with E-state index in [0.717, 1.165) is 10.6 Å². The summed E-state index contributed by atoms with van der Waals surface area (Å²) >= 11 is 0. The second kappa shape index (κ2) is 6.91. The molecule has 7 nitrogen and oxygen atoms in total. The van der Waals surface area contributed by atoms with Crippen LogP contribution in [0.4, 0.5) is 18.9 Å². The van der Waals surface area contributed by atoms with E-state index >= 15 is 0 Å². The third kappa shape index (κ3) is 3.99. The van der Waals surface area contributed by atoms with Crippen LogP contribution in [0.3, 0.4) is 0 Å². The van der Waals surface area contributed by atoms with Crippen LogP contribution in [0.15, 0.2) is 47.4 Å². The van der Waals surface area contributed by atoms with Crippen molar-refractivity contribution in [1.82, 2.24) is 9.55 Å². The molecule has 1 amide bonds. The number of hydrogen-bond donors (Lipinski definition) is 2. The summed E-state index contributed by atoms with van der Waals surface area (Å²) in [5, 5.41) is 7.51. The monoisotopic (exact) mass is 412 g/mol. The van der Waals surface area contributed by atoms with Crippen molar-refractivity contribution in [2.75, 3.05) is 5.32 Å². The molecule has 1 heterocycles. The molecule has 0 aliphatic carbocycles. The maximum atomic E-state index is 13.3. The van der Waals surface area contributed by atoms with Crippen molar-refractivity contribution in [1.29, 1.82) is 0 Å². The number of primary sulfonamides is 1. The van der Waals surface area contributed by atoms with Gasteiger partial charge in [-0.05, 0) is 36.8 Å².